The summed E-state index contributed by atoms with van der Waals surface area (Å²) < 4.78 is 3.27. The van der Waals surface area contributed by atoms with Crippen LogP contribution in [0, 0.1) is 0 Å². The lowest BCUT2D eigenvalue weighted by atomic mass is 10.2. The van der Waals surface area contributed by atoms with Gasteiger partial charge in [0.1, 0.15) is 0 Å². The molecule has 23 heavy (non-hydrogen) atoms. The molecule has 3 aromatic rings. The first-order chi connectivity index (χ1) is 11.1. The highest BCUT2D eigenvalue weighted by atomic mass is 35.5. The Morgan fingerprint density at radius 1 is 1.09 bits per heavy atom. The number of amides is 1. The number of hydrogen-bond acceptors (Lipinski definition) is 2. The molecule has 2 aromatic carbocycles. The van der Waals surface area contributed by atoms with Gasteiger partial charge in [0, 0.05) is 30.7 Å². The van der Waals surface area contributed by atoms with Crippen molar-refractivity contribution in [3.63, 3.8) is 0 Å². The van der Waals surface area contributed by atoms with Crippen LogP contribution in [0.25, 0.3) is 11.0 Å². The number of para-hydroxylation sites is 2. The van der Waals surface area contributed by atoms with Crippen LogP contribution >= 0.6 is 11.6 Å². The molecule has 0 aliphatic carbocycles. The van der Waals surface area contributed by atoms with Crippen LogP contribution in [0.4, 0.5) is 0 Å². The quantitative estimate of drug-likeness (QED) is 0.799. The number of rotatable bonds is 4. The molecule has 1 amide bonds. The number of fused-ring (bicyclic) bond motifs is 1. The zero-order valence-electron chi connectivity index (χ0n) is 12.6. The minimum Gasteiger partial charge on any atom is -0.350 e. The molecule has 1 N–H and O–H groups in total. The molecule has 1 aromatic heterocycles. The van der Waals surface area contributed by atoms with E-state index >= 15 is 0 Å². The molecule has 0 unspecified atom stereocenters. The molecular formula is C17H16ClN3O2. The summed E-state index contributed by atoms with van der Waals surface area (Å²) in [5.41, 5.74) is 2.19. The van der Waals surface area contributed by atoms with Crippen LogP contribution in [-0.4, -0.2) is 21.6 Å². The van der Waals surface area contributed by atoms with Gasteiger partial charge in [0.25, 0.3) is 5.91 Å². The van der Waals surface area contributed by atoms with E-state index in [0.717, 1.165) is 11.0 Å². The summed E-state index contributed by atoms with van der Waals surface area (Å²) in [5, 5.41) is 3.40. The summed E-state index contributed by atoms with van der Waals surface area (Å²) >= 11 is 5.80. The fraction of sp³-hybridized carbons (Fsp3) is 0.176. The van der Waals surface area contributed by atoms with Crippen molar-refractivity contribution in [2.45, 2.75) is 6.54 Å². The van der Waals surface area contributed by atoms with Crippen LogP contribution in [0.5, 0.6) is 0 Å². The van der Waals surface area contributed by atoms with Crippen molar-refractivity contribution in [3.05, 3.63) is 69.6 Å². The molecule has 0 spiro atoms. The SMILES string of the molecule is Cn1c(=O)n(CCNC(=O)c2ccc(Cl)cc2)c2ccccc21. The third-order valence-corrected chi connectivity index (χ3v) is 4.03. The van der Waals surface area contributed by atoms with E-state index in [1.807, 2.05) is 24.3 Å². The normalized spacial score (nSPS) is 10.9. The van der Waals surface area contributed by atoms with Crippen molar-refractivity contribution in [3.8, 4) is 0 Å². The maximum Gasteiger partial charge on any atom is 0.328 e. The molecule has 3 rings (SSSR count). The number of nitrogens with zero attached hydrogens (tertiary/aromatic N) is 2. The number of hydrogen-bond donors (Lipinski definition) is 1. The van der Waals surface area contributed by atoms with E-state index in [9.17, 15) is 9.59 Å². The van der Waals surface area contributed by atoms with Gasteiger partial charge in [0.05, 0.1) is 11.0 Å². The average Bonchev–Trinajstić information content (AvgIpc) is 2.81. The van der Waals surface area contributed by atoms with Gasteiger partial charge in [-0.2, -0.15) is 0 Å². The van der Waals surface area contributed by atoms with Crippen molar-refractivity contribution >= 4 is 28.5 Å². The summed E-state index contributed by atoms with van der Waals surface area (Å²) in [7, 11) is 1.74. The molecule has 0 aliphatic heterocycles. The van der Waals surface area contributed by atoms with Gasteiger partial charge in [-0.25, -0.2) is 4.79 Å². The Bertz CT molecular complexity index is 910. The fourth-order valence-corrected chi connectivity index (χ4v) is 2.69. The molecule has 1 heterocycles. The Hall–Kier alpha value is -2.53. The minimum atomic E-state index is -0.185. The van der Waals surface area contributed by atoms with E-state index < -0.39 is 0 Å². The number of carbonyl (C=O) groups is 1. The van der Waals surface area contributed by atoms with Crippen LogP contribution in [0.1, 0.15) is 10.4 Å². The second kappa shape index (κ2) is 6.30. The Morgan fingerprint density at radius 2 is 1.74 bits per heavy atom. The summed E-state index contributed by atoms with van der Waals surface area (Å²) in [4.78, 5) is 24.3. The zero-order chi connectivity index (χ0) is 16.4. The first kappa shape index (κ1) is 15.4. The van der Waals surface area contributed by atoms with Crippen molar-refractivity contribution in [2.75, 3.05) is 6.54 Å². The van der Waals surface area contributed by atoms with Crippen LogP contribution in [-0.2, 0) is 13.6 Å². The van der Waals surface area contributed by atoms with E-state index in [2.05, 4.69) is 5.32 Å². The molecule has 6 heteroatoms. The predicted molar refractivity (Wildman–Crippen MR) is 91.0 cm³/mol. The second-order valence-corrected chi connectivity index (χ2v) is 5.68. The van der Waals surface area contributed by atoms with Crippen molar-refractivity contribution < 1.29 is 4.79 Å². The van der Waals surface area contributed by atoms with Gasteiger partial charge >= 0.3 is 5.69 Å². The summed E-state index contributed by atoms with van der Waals surface area (Å²) in [6.45, 7) is 0.787. The molecule has 5 nitrogen and oxygen atoms in total. The second-order valence-electron chi connectivity index (χ2n) is 5.24. The van der Waals surface area contributed by atoms with Crippen molar-refractivity contribution in [1.82, 2.24) is 14.5 Å². The third kappa shape index (κ3) is 3.00. The largest absolute Gasteiger partial charge is 0.350 e. The van der Waals surface area contributed by atoms with Crippen LogP contribution < -0.4 is 11.0 Å². The highest BCUT2D eigenvalue weighted by Gasteiger charge is 2.10. The van der Waals surface area contributed by atoms with E-state index in [-0.39, 0.29) is 11.6 Å². The number of benzene rings is 2. The van der Waals surface area contributed by atoms with Gasteiger partial charge < -0.3 is 5.32 Å². The highest BCUT2D eigenvalue weighted by Crippen LogP contribution is 2.11. The Labute approximate surface area is 138 Å². The maximum atomic E-state index is 12.3. The van der Waals surface area contributed by atoms with Gasteiger partial charge in [0.15, 0.2) is 0 Å². The molecule has 0 fully saturated rings. The average molecular weight is 330 g/mol. The summed E-state index contributed by atoms with van der Waals surface area (Å²) in [5.74, 6) is -0.185. The predicted octanol–water partition coefficient (Wildman–Crippen LogP) is 2.42. The van der Waals surface area contributed by atoms with Gasteiger partial charge in [0.2, 0.25) is 0 Å². The van der Waals surface area contributed by atoms with Gasteiger partial charge in [-0.1, -0.05) is 23.7 Å². The molecule has 0 saturated heterocycles. The molecule has 0 saturated carbocycles. The molecule has 0 atom stereocenters. The Morgan fingerprint density at radius 3 is 2.43 bits per heavy atom. The zero-order valence-corrected chi connectivity index (χ0v) is 13.4. The number of halogens is 1. The number of aromatic nitrogens is 2. The first-order valence-electron chi connectivity index (χ1n) is 7.26. The first-order valence-corrected chi connectivity index (χ1v) is 7.64. The lowest BCUT2D eigenvalue weighted by Crippen LogP contribution is -2.31. The number of carbonyl (C=O) groups excluding carboxylic acids is 1. The standard InChI is InChI=1S/C17H16ClN3O2/c1-20-14-4-2-3-5-15(14)21(17(20)23)11-10-19-16(22)12-6-8-13(18)9-7-12/h2-9H,10-11H2,1H3,(H,19,22). The Kier molecular flexibility index (Phi) is 4.21. The van der Waals surface area contributed by atoms with Crippen molar-refractivity contribution in [1.29, 1.82) is 0 Å². The highest BCUT2D eigenvalue weighted by molar-refractivity contribution is 6.30. The third-order valence-electron chi connectivity index (χ3n) is 3.78. The monoisotopic (exact) mass is 329 g/mol. The maximum absolute atomic E-state index is 12.3. The van der Waals surface area contributed by atoms with Gasteiger partial charge in [-0.3, -0.25) is 13.9 Å². The Balaban J connectivity index is 1.72. The summed E-state index contributed by atoms with van der Waals surface area (Å²) in [6, 6.07) is 14.3. The lowest BCUT2D eigenvalue weighted by Gasteiger charge is -2.06. The minimum absolute atomic E-state index is 0.0908. The van der Waals surface area contributed by atoms with E-state index in [0.29, 0.717) is 23.7 Å². The fourth-order valence-electron chi connectivity index (χ4n) is 2.56. The van der Waals surface area contributed by atoms with Gasteiger partial charge in [-0.15, -0.1) is 0 Å². The van der Waals surface area contributed by atoms with Crippen LogP contribution in [0.15, 0.2) is 53.3 Å². The molecule has 0 bridgehead atoms. The van der Waals surface area contributed by atoms with E-state index in [1.165, 1.54) is 0 Å². The lowest BCUT2D eigenvalue weighted by molar-refractivity contribution is 0.0952. The molecule has 118 valence electrons. The van der Waals surface area contributed by atoms with Crippen molar-refractivity contribution in [2.24, 2.45) is 7.05 Å². The number of aryl methyl sites for hydroxylation is 1. The molecule has 0 radical (unpaired) electrons. The number of imidazole rings is 1. The van der Waals surface area contributed by atoms with E-state index in [4.69, 9.17) is 11.6 Å². The molecule has 0 aliphatic rings. The van der Waals surface area contributed by atoms with Gasteiger partial charge in [-0.05, 0) is 36.4 Å². The van der Waals surface area contributed by atoms with Crippen LogP contribution in [0.2, 0.25) is 5.02 Å². The van der Waals surface area contributed by atoms with Crippen LogP contribution in [0.3, 0.4) is 0 Å². The smallest absolute Gasteiger partial charge is 0.328 e. The topological polar surface area (TPSA) is 56.0 Å². The van der Waals surface area contributed by atoms with E-state index in [1.54, 1.807) is 40.4 Å². The summed E-state index contributed by atoms with van der Waals surface area (Å²) in [6.07, 6.45) is 0. The molecular weight excluding hydrogens is 314 g/mol. The number of nitrogens with one attached hydrogen (secondary N) is 1.